The maximum absolute atomic E-state index is 14.5. The number of halogens is 1. The molecule has 0 radical (unpaired) electrons. The molecule has 33 heavy (non-hydrogen) atoms. The van der Waals surface area contributed by atoms with Crippen molar-refractivity contribution >= 4 is 0 Å². The Hall–Kier alpha value is -1.83. The minimum atomic E-state index is -0.712. The predicted octanol–water partition coefficient (Wildman–Crippen LogP) is 3.75. The molecule has 0 bridgehead atoms. The van der Waals surface area contributed by atoms with Gasteiger partial charge in [0, 0.05) is 24.1 Å². The normalized spacial score (nSPS) is 26.6. The Morgan fingerprint density at radius 2 is 1.82 bits per heavy atom. The van der Waals surface area contributed by atoms with Gasteiger partial charge in [0.05, 0.1) is 31.0 Å². The summed E-state index contributed by atoms with van der Waals surface area (Å²) in [4.78, 5) is 2.05. The molecule has 1 spiro atoms. The molecule has 3 N–H and O–H groups in total. The first-order chi connectivity index (χ1) is 15.9. The first kappa shape index (κ1) is 24.3. The minimum absolute atomic E-state index is 0.120. The summed E-state index contributed by atoms with van der Waals surface area (Å²) in [5.41, 5.74) is 1.15. The Bertz CT molecular complexity index is 920. The van der Waals surface area contributed by atoms with Gasteiger partial charge in [-0.15, -0.1) is 0 Å². The largest absolute Gasteiger partial charge is 0.394 e. The van der Waals surface area contributed by atoms with E-state index in [-0.39, 0.29) is 12.4 Å². The van der Waals surface area contributed by atoms with Crippen LogP contribution in [-0.2, 0) is 11.3 Å². The molecule has 1 aliphatic heterocycles. The summed E-state index contributed by atoms with van der Waals surface area (Å²) in [6.07, 6.45) is 3.12. The van der Waals surface area contributed by atoms with E-state index in [2.05, 4.69) is 0 Å². The van der Waals surface area contributed by atoms with Crippen molar-refractivity contribution in [2.75, 3.05) is 26.3 Å². The molecule has 180 valence electrons. The van der Waals surface area contributed by atoms with Crippen molar-refractivity contribution in [1.29, 1.82) is 0 Å². The summed E-state index contributed by atoms with van der Waals surface area (Å²) in [5, 5.41) is 31.3. The molecule has 1 saturated carbocycles. The lowest BCUT2D eigenvalue weighted by Crippen LogP contribution is -2.68. The van der Waals surface area contributed by atoms with E-state index in [1.165, 1.54) is 6.07 Å². The van der Waals surface area contributed by atoms with E-state index in [0.29, 0.717) is 31.9 Å². The second kappa shape index (κ2) is 10.2. The first-order valence-corrected chi connectivity index (χ1v) is 12.0. The molecule has 5 nitrogen and oxygen atoms in total. The fourth-order valence-electron chi connectivity index (χ4n) is 5.23. The lowest BCUT2D eigenvalue weighted by atomic mass is 9.74. The highest BCUT2D eigenvalue weighted by molar-refractivity contribution is 5.64. The lowest BCUT2D eigenvalue weighted by molar-refractivity contribution is -0.164. The van der Waals surface area contributed by atoms with Crippen LogP contribution in [0.3, 0.4) is 0 Å². The molecule has 0 aromatic heterocycles. The number of aliphatic hydroxyl groups excluding tert-OH is 3. The minimum Gasteiger partial charge on any atom is -0.394 e. The van der Waals surface area contributed by atoms with Gasteiger partial charge in [0.1, 0.15) is 5.82 Å². The molecule has 3 atom stereocenters. The number of unbranched alkanes of at least 4 members (excludes halogenated alkanes) is 2. The molecule has 6 heteroatoms. The average molecular weight is 458 g/mol. The number of ether oxygens (including phenoxy) is 1. The molecule has 2 aromatic rings. The van der Waals surface area contributed by atoms with Crippen LogP contribution in [0.5, 0.6) is 0 Å². The summed E-state index contributed by atoms with van der Waals surface area (Å²) in [6, 6.07) is 14.7. The number of likely N-dealkylation sites (tertiary alicyclic amines) is 1. The van der Waals surface area contributed by atoms with Crippen molar-refractivity contribution in [3.05, 3.63) is 59.9 Å². The van der Waals surface area contributed by atoms with E-state index in [9.17, 15) is 19.7 Å². The van der Waals surface area contributed by atoms with Crippen LogP contribution < -0.4 is 0 Å². The first-order valence-electron chi connectivity index (χ1n) is 12.0. The number of β-amino-alcohol motifs (C(OH)–C–C–N with tert-alkyl or cyclic N) is 1. The SMILES string of the molecule is CC1(CO)[C@@H](O)C2(CC2)[C@@H](O)CN1CCCCCOCc1ccc(-c2ccccc2)c(F)c1. The number of aliphatic hydroxyl groups is 3. The van der Waals surface area contributed by atoms with Gasteiger partial charge in [-0.05, 0) is 62.8 Å². The Morgan fingerprint density at radius 3 is 2.48 bits per heavy atom. The average Bonchev–Trinajstić information content (AvgIpc) is 3.63. The Morgan fingerprint density at radius 1 is 1.06 bits per heavy atom. The molecule has 2 aliphatic rings. The van der Waals surface area contributed by atoms with Crippen LogP contribution in [0.15, 0.2) is 48.5 Å². The van der Waals surface area contributed by atoms with Crippen LogP contribution in [0.1, 0.15) is 44.6 Å². The van der Waals surface area contributed by atoms with Gasteiger partial charge in [-0.3, -0.25) is 4.90 Å². The van der Waals surface area contributed by atoms with Crippen molar-refractivity contribution in [1.82, 2.24) is 4.90 Å². The number of hydrogen-bond acceptors (Lipinski definition) is 5. The second-order valence-corrected chi connectivity index (χ2v) is 9.91. The van der Waals surface area contributed by atoms with E-state index in [4.69, 9.17) is 4.74 Å². The van der Waals surface area contributed by atoms with Crippen LogP contribution in [0.25, 0.3) is 11.1 Å². The van der Waals surface area contributed by atoms with Crippen LogP contribution in [0.4, 0.5) is 4.39 Å². The third-order valence-corrected chi connectivity index (χ3v) is 7.66. The molecule has 1 saturated heterocycles. The maximum Gasteiger partial charge on any atom is 0.131 e. The molecule has 4 rings (SSSR count). The van der Waals surface area contributed by atoms with E-state index in [1.54, 1.807) is 6.07 Å². The van der Waals surface area contributed by atoms with E-state index in [0.717, 1.165) is 43.2 Å². The number of piperidine rings is 1. The molecule has 1 unspecified atom stereocenters. The van der Waals surface area contributed by atoms with Gasteiger partial charge in [0.2, 0.25) is 0 Å². The van der Waals surface area contributed by atoms with Crippen molar-refractivity contribution in [3.63, 3.8) is 0 Å². The van der Waals surface area contributed by atoms with Crippen LogP contribution in [0, 0.1) is 11.2 Å². The lowest BCUT2D eigenvalue weighted by Gasteiger charge is -2.53. The van der Waals surface area contributed by atoms with E-state index in [1.807, 2.05) is 48.2 Å². The molecule has 2 aromatic carbocycles. The van der Waals surface area contributed by atoms with Gasteiger partial charge in [-0.1, -0.05) is 42.5 Å². The highest BCUT2D eigenvalue weighted by atomic mass is 19.1. The highest BCUT2D eigenvalue weighted by Gasteiger charge is 2.64. The molecule has 0 amide bonds. The summed E-state index contributed by atoms with van der Waals surface area (Å²) in [5.74, 6) is -0.242. The molecule has 2 fully saturated rings. The van der Waals surface area contributed by atoms with Gasteiger partial charge in [0.25, 0.3) is 0 Å². The summed E-state index contributed by atoms with van der Waals surface area (Å²) < 4.78 is 20.2. The quantitative estimate of drug-likeness (QED) is 0.474. The van der Waals surface area contributed by atoms with Gasteiger partial charge in [-0.2, -0.15) is 0 Å². The molecular weight excluding hydrogens is 421 g/mol. The summed E-state index contributed by atoms with van der Waals surface area (Å²) in [6.45, 7) is 3.96. The van der Waals surface area contributed by atoms with Crippen LogP contribution in [-0.4, -0.2) is 64.3 Å². The van der Waals surface area contributed by atoms with Crippen molar-refractivity contribution < 1.29 is 24.4 Å². The summed E-state index contributed by atoms with van der Waals surface area (Å²) >= 11 is 0. The fraction of sp³-hybridized carbons (Fsp3) is 0.556. The van der Waals surface area contributed by atoms with E-state index >= 15 is 0 Å². The van der Waals surface area contributed by atoms with Gasteiger partial charge < -0.3 is 20.1 Å². The van der Waals surface area contributed by atoms with Gasteiger partial charge >= 0.3 is 0 Å². The van der Waals surface area contributed by atoms with Crippen molar-refractivity contribution in [2.45, 2.75) is 63.4 Å². The smallest absolute Gasteiger partial charge is 0.131 e. The topological polar surface area (TPSA) is 73.2 Å². The van der Waals surface area contributed by atoms with Crippen molar-refractivity contribution in [3.8, 4) is 11.1 Å². The van der Waals surface area contributed by atoms with E-state index < -0.39 is 23.2 Å². The fourth-order valence-corrected chi connectivity index (χ4v) is 5.23. The van der Waals surface area contributed by atoms with Crippen LogP contribution in [0.2, 0.25) is 0 Å². The Labute approximate surface area is 195 Å². The number of rotatable bonds is 10. The zero-order valence-corrected chi connectivity index (χ0v) is 19.4. The third-order valence-electron chi connectivity index (χ3n) is 7.66. The molecule has 1 aliphatic carbocycles. The maximum atomic E-state index is 14.5. The Balaban J connectivity index is 1.17. The van der Waals surface area contributed by atoms with Gasteiger partial charge in [0.15, 0.2) is 0 Å². The Kier molecular flexibility index (Phi) is 7.51. The van der Waals surface area contributed by atoms with Crippen LogP contribution >= 0.6 is 0 Å². The summed E-state index contributed by atoms with van der Waals surface area (Å²) in [7, 11) is 0. The number of benzene rings is 2. The van der Waals surface area contributed by atoms with Crippen molar-refractivity contribution in [2.24, 2.45) is 5.41 Å². The molecular formula is C27H36FNO4. The zero-order valence-electron chi connectivity index (χ0n) is 19.4. The zero-order chi connectivity index (χ0) is 23.5. The molecule has 1 heterocycles. The predicted molar refractivity (Wildman–Crippen MR) is 126 cm³/mol. The standard InChI is InChI=1S/C27H36FNO4/c1-26(19-30)25(32)27(12-13-27)24(31)17-29(26)14-6-3-7-15-33-18-20-10-11-22(23(28)16-20)21-8-4-2-5-9-21/h2,4-5,8-11,16,24-25,30-32H,3,6-7,12-15,17-19H2,1H3/t24-,25+,26?/m0/s1. The second-order valence-electron chi connectivity index (χ2n) is 9.91. The highest BCUT2D eigenvalue weighted by Crippen LogP contribution is 2.57. The number of nitrogens with zero attached hydrogens (tertiary/aromatic N) is 1. The van der Waals surface area contributed by atoms with Gasteiger partial charge in [-0.25, -0.2) is 4.39 Å². The third kappa shape index (κ3) is 5.00. The monoisotopic (exact) mass is 457 g/mol. The number of hydrogen-bond donors (Lipinski definition) is 3.